The third kappa shape index (κ3) is 3.13. The van der Waals surface area contributed by atoms with Crippen molar-refractivity contribution in [2.45, 2.75) is 24.8 Å². The van der Waals surface area contributed by atoms with Gasteiger partial charge in [0.15, 0.2) is 5.78 Å². The van der Waals surface area contributed by atoms with Gasteiger partial charge in [-0.2, -0.15) is 0 Å². The van der Waals surface area contributed by atoms with E-state index in [0.29, 0.717) is 11.4 Å². The number of halogens is 1. The predicted octanol–water partition coefficient (Wildman–Crippen LogP) is 6.38. The van der Waals surface area contributed by atoms with Gasteiger partial charge in [-0.05, 0) is 47.7 Å². The number of Topliss-reactive ketones (excluding diaryl/α,β-unsaturated/α-hetero) is 1. The van der Waals surface area contributed by atoms with Crippen molar-refractivity contribution < 1.29 is 4.79 Å². The minimum atomic E-state index is -0.194. The monoisotopic (exact) mass is 406 g/mol. The van der Waals surface area contributed by atoms with Crippen molar-refractivity contribution in [2.75, 3.05) is 10.6 Å². The molecule has 1 aliphatic heterocycles. The van der Waals surface area contributed by atoms with Crippen LogP contribution in [0.5, 0.6) is 0 Å². The van der Waals surface area contributed by atoms with Crippen molar-refractivity contribution in [1.82, 2.24) is 0 Å². The van der Waals surface area contributed by atoms with E-state index in [1.165, 1.54) is 4.88 Å². The molecule has 0 bridgehead atoms. The molecule has 2 aliphatic rings. The van der Waals surface area contributed by atoms with E-state index in [0.717, 1.165) is 34.6 Å². The fraction of sp³-hybridized carbons (Fsp3) is 0.174. The van der Waals surface area contributed by atoms with Gasteiger partial charge in [0.05, 0.1) is 17.4 Å². The van der Waals surface area contributed by atoms with Crippen molar-refractivity contribution in [3.05, 3.63) is 92.8 Å². The largest absolute Gasteiger partial charge is 0.372 e. The molecule has 140 valence electrons. The maximum absolute atomic E-state index is 13.3. The average Bonchev–Trinajstić information content (AvgIpc) is 3.18. The van der Waals surface area contributed by atoms with Crippen molar-refractivity contribution >= 4 is 40.1 Å². The van der Waals surface area contributed by atoms with Crippen molar-refractivity contribution in [2.24, 2.45) is 0 Å². The molecule has 0 spiro atoms. The van der Waals surface area contributed by atoms with Gasteiger partial charge in [-0.25, -0.2) is 0 Å². The fourth-order valence-corrected chi connectivity index (χ4v) is 5.08. The number of anilines is 2. The number of ketones is 1. The van der Waals surface area contributed by atoms with Gasteiger partial charge in [-0.15, -0.1) is 11.3 Å². The Labute approximate surface area is 173 Å². The number of rotatable bonds is 2. The molecule has 0 radical (unpaired) electrons. The highest BCUT2D eigenvalue weighted by Crippen LogP contribution is 2.44. The van der Waals surface area contributed by atoms with Crippen LogP contribution in [-0.4, -0.2) is 5.78 Å². The number of allylic oxidation sites excluding steroid dienone is 1. The SMILES string of the molecule is O=C1C[C@H](c2cccs2)CC2=C1[C@H](c1ccc(Cl)cc1)Nc1ccccc1N2. The van der Waals surface area contributed by atoms with Crippen LogP contribution in [0.4, 0.5) is 11.4 Å². The third-order valence-electron chi connectivity index (χ3n) is 5.46. The van der Waals surface area contributed by atoms with Crippen LogP contribution in [0.1, 0.15) is 35.2 Å². The number of thiophene rings is 1. The summed E-state index contributed by atoms with van der Waals surface area (Å²) < 4.78 is 0. The zero-order chi connectivity index (χ0) is 19.1. The smallest absolute Gasteiger partial charge is 0.163 e. The van der Waals surface area contributed by atoms with Crippen molar-refractivity contribution in [3.63, 3.8) is 0 Å². The highest BCUT2D eigenvalue weighted by molar-refractivity contribution is 7.10. The Kier molecular flexibility index (Phi) is 4.46. The number of para-hydroxylation sites is 2. The van der Waals surface area contributed by atoms with E-state index in [9.17, 15) is 4.79 Å². The lowest BCUT2D eigenvalue weighted by molar-refractivity contribution is -0.116. The maximum Gasteiger partial charge on any atom is 0.163 e. The second-order valence-corrected chi connectivity index (χ2v) is 8.65. The molecule has 2 atom stereocenters. The summed E-state index contributed by atoms with van der Waals surface area (Å²) in [5.74, 6) is 0.433. The summed E-state index contributed by atoms with van der Waals surface area (Å²) in [5.41, 5.74) is 4.90. The molecule has 0 saturated carbocycles. The summed E-state index contributed by atoms with van der Waals surface area (Å²) in [5, 5.41) is 9.94. The highest BCUT2D eigenvalue weighted by Gasteiger charge is 2.36. The molecular formula is C23H19ClN2OS. The van der Waals surface area contributed by atoms with Gasteiger partial charge in [0.25, 0.3) is 0 Å². The van der Waals surface area contributed by atoms with E-state index < -0.39 is 0 Å². The first-order chi connectivity index (χ1) is 13.7. The molecule has 0 amide bonds. The van der Waals surface area contributed by atoms with Crippen molar-refractivity contribution in [1.29, 1.82) is 0 Å². The van der Waals surface area contributed by atoms with E-state index in [1.807, 2.05) is 42.5 Å². The molecule has 2 aromatic carbocycles. The average molecular weight is 407 g/mol. The van der Waals surface area contributed by atoms with Crippen LogP contribution in [0.2, 0.25) is 5.02 Å². The zero-order valence-electron chi connectivity index (χ0n) is 15.1. The van der Waals surface area contributed by atoms with Crippen LogP contribution >= 0.6 is 22.9 Å². The van der Waals surface area contributed by atoms with E-state index >= 15 is 0 Å². The Hall–Kier alpha value is -2.56. The van der Waals surface area contributed by atoms with Gasteiger partial charge < -0.3 is 10.6 Å². The third-order valence-corrected chi connectivity index (χ3v) is 6.74. The van der Waals surface area contributed by atoms with Gasteiger partial charge in [0.2, 0.25) is 0 Å². The number of hydrogen-bond donors (Lipinski definition) is 2. The second kappa shape index (κ2) is 7.12. The van der Waals surface area contributed by atoms with Gasteiger partial charge >= 0.3 is 0 Å². The standard InChI is InChI=1S/C23H19ClN2OS/c24-16-9-7-14(8-10-16)23-22-19(25-17-4-1-2-5-18(17)26-23)12-15(13-20(22)27)21-6-3-11-28-21/h1-11,15,23,25-26H,12-13H2/t15-,23+/m1/s1. The minimum absolute atomic E-state index is 0.194. The number of benzene rings is 2. The number of carbonyl (C=O) groups is 1. The molecule has 0 saturated heterocycles. The number of nitrogens with one attached hydrogen (secondary N) is 2. The first-order valence-corrected chi connectivity index (χ1v) is 10.6. The summed E-state index contributed by atoms with van der Waals surface area (Å²) in [6, 6.07) is 19.9. The molecule has 0 fully saturated rings. The van der Waals surface area contributed by atoms with Crippen LogP contribution < -0.4 is 10.6 Å². The lowest BCUT2D eigenvalue weighted by atomic mass is 9.81. The van der Waals surface area contributed by atoms with E-state index in [4.69, 9.17) is 11.6 Å². The van der Waals surface area contributed by atoms with Gasteiger partial charge in [0.1, 0.15) is 0 Å². The molecule has 5 heteroatoms. The molecule has 1 aromatic heterocycles. The summed E-state index contributed by atoms with van der Waals surface area (Å²) in [7, 11) is 0. The van der Waals surface area contributed by atoms with Gasteiger partial charge in [-0.3, -0.25) is 4.79 Å². The van der Waals surface area contributed by atoms with E-state index in [1.54, 1.807) is 11.3 Å². The topological polar surface area (TPSA) is 41.1 Å². The number of fused-ring (bicyclic) bond motifs is 1. The highest BCUT2D eigenvalue weighted by atomic mass is 35.5. The molecule has 3 nitrogen and oxygen atoms in total. The number of hydrogen-bond acceptors (Lipinski definition) is 4. The molecule has 1 aliphatic carbocycles. The first kappa shape index (κ1) is 17.5. The molecule has 0 unspecified atom stereocenters. The Morgan fingerprint density at radius 2 is 1.71 bits per heavy atom. The Balaban J connectivity index is 1.62. The van der Waals surface area contributed by atoms with Crippen molar-refractivity contribution in [3.8, 4) is 0 Å². The molecule has 2 N–H and O–H groups in total. The van der Waals surface area contributed by atoms with Gasteiger partial charge in [0, 0.05) is 33.5 Å². The van der Waals surface area contributed by atoms with E-state index in [2.05, 4.69) is 34.2 Å². The molecule has 2 heterocycles. The van der Waals surface area contributed by atoms with Crippen LogP contribution in [0.3, 0.4) is 0 Å². The summed E-state index contributed by atoms with van der Waals surface area (Å²) in [4.78, 5) is 14.6. The summed E-state index contributed by atoms with van der Waals surface area (Å²) >= 11 is 7.82. The quantitative estimate of drug-likeness (QED) is 0.518. The lowest BCUT2D eigenvalue weighted by Crippen LogP contribution is -2.26. The second-order valence-electron chi connectivity index (χ2n) is 7.24. The Morgan fingerprint density at radius 1 is 0.929 bits per heavy atom. The number of carbonyl (C=O) groups excluding carboxylic acids is 1. The normalized spacial score (nSPS) is 21.2. The lowest BCUT2D eigenvalue weighted by Gasteiger charge is -2.29. The molecule has 3 aromatic rings. The Bertz CT molecular complexity index is 1060. The summed E-state index contributed by atoms with van der Waals surface area (Å²) in [6.07, 6.45) is 1.38. The zero-order valence-corrected chi connectivity index (χ0v) is 16.7. The van der Waals surface area contributed by atoms with E-state index in [-0.39, 0.29) is 17.7 Å². The minimum Gasteiger partial charge on any atom is -0.372 e. The molecule has 5 rings (SSSR count). The predicted molar refractivity (Wildman–Crippen MR) is 116 cm³/mol. The molecule has 28 heavy (non-hydrogen) atoms. The van der Waals surface area contributed by atoms with Gasteiger partial charge in [-0.1, -0.05) is 41.9 Å². The summed E-state index contributed by atoms with van der Waals surface area (Å²) in [6.45, 7) is 0. The van der Waals surface area contributed by atoms with Crippen LogP contribution in [0, 0.1) is 0 Å². The first-order valence-electron chi connectivity index (χ1n) is 9.37. The van der Waals surface area contributed by atoms with Crippen LogP contribution in [-0.2, 0) is 4.79 Å². The van der Waals surface area contributed by atoms with Crippen LogP contribution in [0.15, 0.2) is 77.3 Å². The maximum atomic E-state index is 13.3. The fourth-order valence-electron chi connectivity index (χ4n) is 4.12. The molecular weight excluding hydrogens is 388 g/mol. The van der Waals surface area contributed by atoms with Crippen LogP contribution in [0.25, 0.3) is 0 Å². The Morgan fingerprint density at radius 3 is 2.46 bits per heavy atom.